The monoisotopic (exact) mass is 415 g/mol. The largest absolute Gasteiger partial charge is 0.379 e. The second-order valence-electron chi connectivity index (χ2n) is 7.03. The molecule has 3 heterocycles. The number of benzene rings is 1. The van der Waals surface area contributed by atoms with Gasteiger partial charge in [-0.3, -0.25) is 14.5 Å². The van der Waals surface area contributed by atoms with Crippen molar-refractivity contribution in [3.05, 3.63) is 41.6 Å². The summed E-state index contributed by atoms with van der Waals surface area (Å²) in [6.45, 7) is 4.70. The van der Waals surface area contributed by atoms with Gasteiger partial charge in [0.1, 0.15) is 5.82 Å². The van der Waals surface area contributed by atoms with Gasteiger partial charge in [0, 0.05) is 36.7 Å². The maximum absolute atomic E-state index is 12.5. The topological polar surface area (TPSA) is 88.5 Å². The molecule has 8 nitrogen and oxygen atoms in total. The summed E-state index contributed by atoms with van der Waals surface area (Å²) >= 11 is 1.75. The third kappa shape index (κ3) is 4.80. The highest BCUT2D eigenvalue weighted by atomic mass is 32.2. The van der Waals surface area contributed by atoms with Crippen LogP contribution in [0.2, 0.25) is 0 Å². The van der Waals surface area contributed by atoms with Gasteiger partial charge in [0.2, 0.25) is 0 Å². The van der Waals surface area contributed by atoms with E-state index >= 15 is 0 Å². The molecule has 0 bridgehead atoms. The van der Waals surface area contributed by atoms with Crippen molar-refractivity contribution in [3.8, 4) is 5.69 Å². The Labute approximate surface area is 174 Å². The molecule has 2 aromatic rings. The van der Waals surface area contributed by atoms with Crippen molar-refractivity contribution >= 4 is 29.4 Å². The summed E-state index contributed by atoms with van der Waals surface area (Å²) in [6.07, 6.45) is 0.799. The van der Waals surface area contributed by atoms with Crippen LogP contribution in [0.3, 0.4) is 0 Å². The molecule has 9 heteroatoms. The maximum atomic E-state index is 12.5. The Morgan fingerprint density at radius 1 is 1.10 bits per heavy atom. The normalized spacial score (nSPS) is 16.4. The molecule has 2 N–H and O–H groups in total. The summed E-state index contributed by atoms with van der Waals surface area (Å²) in [5.74, 6) is 0.898. The van der Waals surface area contributed by atoms with Crippen LogP contribution in [-0.2, 0) is 25.8 Å². The van der Waals surface area contributed by atoms with Gasteiger partial charge in [0.25, 0.3) is 0 Å². The highest BCUT2D eigenvalue weighted by molar-refractivity contribution is 7.98. The molecule has 29 heavy (non-hydrogen) atoms. The summed E-state index contributed by atoms with van der Waals surface area (Å²) < 4.78 is 7.04. The van der Waals surface area contributed by atoms with E-state index in [1.165, 1.54) is 0 Å². The van der Waals surface area contributed by atoms with E-state index in [0.717, 1.165) is 67.7 Å². The van der Waals surface area contributed by atoms with Gasteiger partial charge in [-0.25, -0.2) is 4.68 Å². The quantitative estimate of drug-likeness (QED) is 0.548. The molecule has 0 aliphatic carbocycles. The van der Waals surface area contributed by atoms with Gasteiger partial charge >= 0.3 is 11.8 Å². The lowest BCUT2D eigenvalue weighted by Crippen LogP contribution is -2.40. The number of hydrogen-bond acceptors (Lipinski definition) is 6. The van der Waals surface area contributed by atoms with Gasteiger partial charge < -0.3 is 15.4 Å². The van der Waals surface area contributed by atoms with Crippen molar-refractivity contribution in [2.45, 2.75) is 17.9 Å². The number of aromatic nitrogens is 2. The number of nitrogens with one attached hydrogen (secondary N) is 2. The standard InChI is InChI=1S/C20H25N5O3S/c26-19(21-7-4-8-24-9-11-28-12-10-24)20(27)22-18-16-13-29-14-17(16)23-25(18)15-5-2-1-3-6-15/h1-3,5-6H,4,7-14H2,(H,21,26)(H,22,27). The molecule has 4 rings (SSSR count). The fraction of sp³-hybridized carbons (Fsp3) is 0.450. The molecule has 1 aromatic heterocycles. The minimum absolute atomic E-state index is 0.468. The second kappa shape index (κ2) is 9.43. The number of para-hydroxylation sites is 1. The van der Waals surface area contributed by atoms with E-state index in [1.807, 2.05) is 30.3 Å². The molecule has 2 amide bonds. The highest BCUT2D eigenvalue weighted by Gasteiger charge is 2.26. The average Bonchev–Trinajstić information content (AvgIpc) is 3.35. The summed E-state index contributed by atoms with van der Waals surface area (Å²) in [7, 11) is 0. The molecule has 2 aliphatic heterocycles. The molecule has 1 aromatic carbocycles. The molecule has 0 saturated carbocycles. The smallest absolute Gasteiger partial charge is 0.314 e. The number of carbonyl (C=O) groups excluding carboxylic acids is 2. The minimum atomic E-state index is -0.659. The highest BCUT2D eigenvalue weighted by Crippen LogP contribution is 2.35. The third-order valence-electron chi connectivity index (χ3n) is 5.03. The summed E-state index contributed by atoms with van der Waals surface area (Å²) in [5.41, 5.74) is 2.81. The number of ether oxygens (including phenoxy) is 1. The first-order chi connectivity index (χ1) is 14.2. The van der Waals surface area contributed by atoms with E-state index in [1.54, 1.807) is 16.4 Å². The van der Waals surface area contributed by atoms with Crippen LogP contribution in [-0.4, -0.2) is 65.9 Å². The van der Waals surface area contributed by atoms with E-state index in [9.17, 15) is 9.59 Å². The molecule has 1 saturated heterocycles. The lowest BCUT2D eigenvalue weighted by atomic mass is 10.2. The molecule has 0 atom stereocenters. The van der Waals surface area contributed by atoms with Crippen LogP contribution in [0.4, 0.5) is 5.82 Å². The van der Waals surface area contributed by atoms with Crippen LogP contribution in [0.1, 0.15) is 17.7 Å². The number of rotatable bonds is 6. The Morgan fingerprint density at radius 3 is 2.69 bits per heavy atom. The Kier molecular flexibility index (Phi) is 6.48. The van der Waals surface area contributed by atoms with Crippen molar-refractivity contribution in [1.29, 1.82) is 0 Å². The minimum Gasteiger partial charge on any atom is -0.379 e. The van der Waals surface area contributed by atoms with Crippen molar-refractivity contribution < 1.29 is 14.3 Å². The fourth-order valence-electron chi connectivity index (χ4n) is 3.47. The SMILES string of the molecule is O=C(NCCCN1CCOCC1)C(=O)Nc1c2c(nn1-c1ccccc1)CSC2. The van der Waals surface area contributed by atoms with E-state index in [4.69, 9.17) is 4.74 Å². The molecule has 0 unspecified atom stereocenters. The Bertz CT molecular complexity index is 865. The first-order valence-corrected chi connectivity index (χ1v) is 11.0. The van der Waals surface area contributed by atoms with E-state index < -0.39 is 11.8 Å². The van der Waals surface area contributed by atoms with Crippen molar-refractivity contribution in [2.24, 2.45) is 0 Å². The molecule has 1 fully saturated rings. The fourth-order valence-corrected chi connectivity index (χ4v) is 4.51. The number of thioether (sulfide) groups is 1. The molecular weight excluding hydrogens is 390 g/mol. The summed E-state index contributed by atoms with van der Waals surface area (Å²) in [4.78, 5) is 27.1. The number of fused-ring (bicyclic) bond motifs is 1. The molecule has 0 spiro atoms. The van der Waals surface area contributed by atoms with Crippen LogP contribution in [0.5, 0.6) is 0 Å². The molecule has 154 valence electrons. The summed E-state index contributed by atoms with van der Waals surface area (Å²) in [5, 5.41) is 10.1. The second-order valence-corrected chi connectivity index (χ2v) is 8.02. The Balaban J connectivity index is 1.35. The zero-order valence-electron chi connectivity index (χ0n) is 16.2. The van der Waals surface area contributed by atoms with Crippen LogP contribution >= 0.6 is 11.8 Å². The number of nitrogens with zero attached hydrogens (tertiary/aromatic N) is 3. The lowest BCUT2D eigenvalue weighted by Gasteiger charge is -2.26. The third-order valence-corrected chi connectivity index (χ3v) is 6.00. The van der Waals surface area contributed by atoms with Gasteiger partial charge in [-0.2, -0.15) is 16.9 Å². The number of anilines is 1. The molecule has 0 radical (unpaired) electrons. The van der Waals surface area contributed by atoms with Gasteiger partial charge in [0.05, 0.1) is 24.6 Å². The lowest BCUT2D eigenvalue weighted by molar-refractivity contribution is -0.136. The average molecular weight is 416 g/mol. The first kappa shape index (κ1) is 19.9. The van der Waals surface area contributed by atoms with Crippen LogP contribution in [0.25, 0.3) is 5.69 Å². The Hall–Kier alpha value is -2.36. The van der Waals surface area contributed by atoms with Gasteiger partial charge in [-0.15, -0.1) is 0 Å². The first-order valence-electron chi connectivity index (χ1n) is 9.85. The van der Waals surface area contributed by atoms with Crippen molar-refractivity contribution in [2.75, 3.05) is 44.7 Å². The maximum Gasteiger partial charge on any atom is 0.314 e. The van der Waals surface area contributed by atoms with Crippen LogP contribution < -0.4 is 10.6 Å². The van der Waals surface area contributed by atoms with Crippen LogP contribution in [0.15, 0.2) is 30.3 Å². The Morgan fingerprint density at radius 2 is 1.90 bits per heavy atom. The van der Waals surface area contributed by atoms with E-state index in [-0.39, 0.29) is 0 Å². The predicted octanol–water partition coefficient (Wildman–Crippen LogP) is 1.40. The summed E-state index contributed by atoms with van der Waals surface area (Å²) in [6, 6.07) is 9.62. The van der Waals surface area contributed by atoms with Gasteiger partial charge in [-0.1, -0.05) is 18.2 Å². The van der Waals surface area contributed by atoms with Crippen LogP contribution in [0, 0.1) is 0 Å². The zero-order chi connectivity index (χ0) is 20.1. The van der Waals surface area contributed by atoms with Crippen molar-refractivity contribution in [1.82, 2.24) is 20.0 Å². The van der Waals surface area contributed by atoms with E-state index in [0.29, 0.717) is 12.4 Å². The number of carbonyl (C=O) groups is 2. The number of amides is 2. The number of morpholine rings is 1. The van der Waals surface area contributed by atoms with Crippen molar-refractivity contribution in [3.63, 3.8) is 0 Å². The predicted molar refractivity (Wildman–Crippen MR) is 112 cm³/mol. The molecule has 2 aliphatic rings. The molecular formula is C20H25N5O3S. The van der Waals surface area contributed by atoms with Gasteiger partial charge in [0.15, 0.2) is 0 Å². The van der Waals surface area contributed by atoms with E-state index in [2.05, 4.69) is 20.6 Å². The number of hydrogen-bond donors (Lipinski definition) is 2. The zero-order valence-corrected chi connectivity index (χ0v) is 17.0. The van der Waals surface area contributed by atoms with Gasteiger partial charge in [-0.05, 0) is 25.1 Å².